The molecule has 1 atom stereocenters. The molecule has 1 aromatic heterocycles. The van der Waals surface area contributed by atoms with Gasteiger partial charge in [-0.1, -0.05) is 36.4 Å². The Morgan fingerprint density at radius 2 is 1.85 bits per heavy atom. The lowest BCUT2D eigenvalue weighted by Gasteiger charge is -2.41. The zero-order chi connectivity index (χ0) is 23.8. The summed E-state index contributed by atoms with van der Waals surface area (Å²) in [5.74, 6) is -0.226. The van der Waals surface area contributed by atoms with Gasteiger partial charge in [-0.05, 0) is 67.2 Å². The van der Waals surface area contributed by atoms with E-state index in [1.165, 1.54) is 29.0 Å². The molecule has 2 heterocycles. The second kappa shape index (κ2) is 11.9. The predicted octanol–water partition coefficient (Wildman–Crippen LogP) is 5.17. The summed E-state index contributed by atoms with van der Waals surface area (Å²) in [5, 5.41) is 8.41. The number of carbonyl (C=O) groups excluding carboxylic acids is 1. The number of carbonyl (C=O) groups is 1. The molecule has 178 valence electrons. The number of amides is 1. The van der Waals surface area contributed by atoms with Gasteiger partial charge in [0, 0.05) is 37.6 Å². The second-order valence-corrected chi connectivity index (χ2v) is 9.37. The van der Waals surface area contributed by atoms with Crippen molar-refractivity contribution >= 4 is 22.9 Å². The fourth-order valence-electron chi connectivity index (χ4n) is 4.35. The van der Waals surface area contributed by atoms with Crippen LogP contribution in [0.15, 0.2) is 84.4 Å². The van der Waals surface area contributed by atoms with Crippen molar-refractivity contribution in [1.82, 2.24) is 15.1 Å². The third kappa shape index (κ3) is 6.32. The quantitative estimate of drug-likeness (QED) is 0.417. The maximum atomic E-state index is 13.5. The maximum absolute atomic E-state index is 13.5. The highest BCUT2D eigenvalue weighted by Gasteiger charge is 2.32. The molecule has 2 aromatic carbocycles. The number of anilines is 1. The molecule has 1 unspecified atom stereocenters. The lowest BCUT2D eigenvalue weighted by atomic mass is 10.0. The van der Waals surface area contributed by atoms with Gasteiger partial charge in [-0.2, -0.15) is 0 Å². The third-order valence-electron chi connectivity index (χ3n) is 6.13. The molecular weight excluding hydrogens is 447 g/mol. The molecule has 1 fully saturated rings. The van der Waals surface area contributed by atoms with Crippen LogP contribution >= 0.6 is 11.3 Å². The van der Waals surface area contributed by atoms with E-state index in [1.807, 2.05) is 47.8 Å². The van der Waals surface area contributed by atoms with Gasteiger partial charge in [0.05, 0.1) is 4.88 Å². The van der Waals surface area contributed by atoms with Crippen LogP contribution in [0.5, 0.6) is 0 Å². The number of hydrogen-bond donors (Lipinski definition) is 2. The number of benzene rings is 2. The van der Waals surface area contributed by atoms with Gasteiger partial charge in [0.15, 0.2) is 0 Å². The number of piperidine rings is 1. The number of nitrogens with one attached hydrogen (secondary N) is 2. The first-order valence-corrected chi connectivity index (χ1v) is 12.5. The number of likely N-dealkylation sites (tertiary alicyclic amines) is 1. The van der Waals surface area contributed by atoms with Gasteiger partial charge in [-0.25, -0.2) is 4.39 Å². The van der Waals surface area contributed by atoms with Gasteiger partial charge in [0.1, 0.15) is 12.0 Å². The fraction of sp³-hybridized carbons (Fsp3) is 0.296. The number of halogens is 1. The molecule has 0 saturated carbocycles. The number of hydrogen-bond acceptors (Lipinski definition) is 5. The Kier molecular flexibility index (Phi) is 8.46. The summed E-state index contributed by atoms with van der Waals surface area (Å²) in [4.78, 5) is 18.7. The zero-order valence-electron chi connectivity index (χ0n) is 19.4. The Labute approximate surface area is 204 Å². The van der Waals surface area contributed by atoms with Crippen molar-refractivity contribution in [3.63, 3.8) is 0 Å². The summed E-state index contributed by atoms with van der Waals surface area (Å²) < 4.78 is 13.2. The van der Waals surface area contributed by atoms with Crippen molar-refractivity contribution in [2.45, 2.75) is 31.6 Å². The highest BCUT2D eigenvalue weighted by molar-refractivity contribution is 7.12. The molecule has 5 nitrogen and oxygen atoms in total. The average molecular weight is 479 g/mol. The number of rotatable bonds is 9. The monoisotopic (exact) mass is 478 g/mol. The van der Waals surface area contributed by atoms with Gasteiger partial charge in [-0.3, -0.25) is 15.0 Å². The van der Waals surface area contributed by atoms with Crippen molar-refractivity contribution in [3.8, 4) is 0 Å². The Balaban J connectivity index is 1.45. The molecule has 0 aliphatic carbocycles. The molecule has 0 bridgehead atoms. The average Bonchev–Trinajstić information content (AvgIpc) is 3.41. The van der Waals surface area contributed by atoms with Gasteiger partial charge in [0.2, 0.25) is 0 Å². The van der Waals surface area contributed by atoms with E-state index < -0.39 is 0 Å². The van der Waals surface area contributed by atoms with Crippen LogP contribution in [0.4, 0.5) is 10.1 Å². The van der Waals surface area contributed by atoms with Crippen molar-refractivity contribution in [3.05, 3.63) is 101 Å². The molecule has 4 rings (SSSR count). The Hall–Kier alpha value is -3.00. The van der Waals surface area contributed by atoms with Gasteiger partial charge in [-0.15, -0.1) is 11.3 Å². The first-order valence-electron chi connectivity index (χ1n) is 11.6. The standard InChI is InChI=1S/C27H31FN4OS/c1-29-26(13-16-30-23-11-9-22(28)10-12-23)32(27(33)25-8-5-19-34-25)24-14-17-31(18-15-24)20-21-6-3-2-4-7-21/h2-13,16,19,24,26,29-30H,14-15,17-18,20H2,1H3/b16-13-. The topological polar surface area (TPSA) is 47.6 Å². The third-order valence-corrected chi connectivity index (χ3v) is 6.99. The van der Waals surface area contributed by atoms with Crippen LogP contribution in [0.1, 0.15) is 28.1 Å². The Bertz CT molecular complexity index is 1050. The summed E-state index contributed by atoms with van der Waals surface area (Å²) in [5.41, 5.74) is 2.10. The molecule has 7 heteroatoms. The van der Waals surface area contributed by atoms with Gasteiger partial charge in [0.25, 0.3) is 5.91 Å². The Morgan fingerprint density at radius 1 is 1.12 bits per heavy atom. The number of likely N-dealkylation sites (N-methyl/N-ethyl adjacent to an activating group) is 1. The van der Waals surface area contributed by atoms with E-state index in [0.29, 0.717) is 0 Å². The predicted molar refractivity (Wildman–Crippen MR) is 137 cm³/mol. The van der Waals surface area contributed by atoms with Crippen LogP contribution in [0.2, 0.25) is 0 Å². The van der Waals surface area contributed by atoms with Crippen molar-refractivity contribution in [2.24, 2.45) is 0 Å². The molecule has 3 aromatic rings. The zero-order valence-corrected chi connectivity index (χ0v) is 20.2. The molecule has 0 radical (unpaired) electrons. The van der Waals surface area contributed by atoms with Crippen LogP contribution < -0.4 is 10.6 Å². The summed E-state index contributed by atoms with van der Waals surface area (Å²) in [6.07, 6.45) is 5.33. The molecule has 1 aliphatic rings. The minimum Gasteiger partial charge on any atom is -0.362 e. The van der Waals surface area contributed by atoms with Crippen molar-refractivity contribution < 1.29 is 9.18 Å². The van der Waals surface area contributed by atoms with E-state index in [1.54, 1.807) is 12.1 Å². The van der Waals surface area contributed by atoms with Gasteiger partial charge < -0.3 is 10.2 Å². The lowest BCUT2D eigenvalue weighted by molar-refractivity contribution is 0.0461. The van der Waals surface area contributed by atoms with E-state index >= 15 is 0 Å². The number of nitrogens with zero attached hydrogens (tertiary/aromatic N) is 2. The van der Waals surface area contributed by atoms with E-state index in [4.69, 9.17) is 0 Å². The van der Waals surface area contributed by atoms with Crippen LogP contribution in [0.25, 0.3) is 0 Å². The normalized spacial score (nSPS) is 15.9. The molecular formula is C27H31FN4OS. The first kappa shape index (κ1) is 24.1. The maximum Gasteiger partial charge on any atom is 0.265 e. The molecule has 1 aliphatic heterocycles. The molecule has 1 saturated heterocycles. The number of thiophene rings is 1. The highest BCUT2D eigenvalue weighted by atomic mass is 32.1. The van der Waals surface area contributed by atoms with Gasteiger partial charge >= 0.3 is 0 Å². The lowest BCUT2D eigenvalue weighted by Crippen LogP contribution is -2.54. The second-order valence-electron chi connectivity index (χ2n) is 8.43. The first-order chi connectivity index (χ1) is 16.6. The van der Waals surface area contributed by atoms with E-state index in [9.17, 15) is 9.18 Å². The smallest absolute Gasteiger partial charge is 0.265 e. The summed E-state index contributed by atoms with van der Waals surface area (Å²) in [6, 6.07) is 20.7. The van der Waals surface area contributed by atoms with Crippen molar-refractivity contribution in [2.75, 3.05) is 25.5 Å². The van der Waals surface area contributed by atoms with E-state index in [-0.39, 0.29) is 23.9 Å². The fourth-order valence-corrected chi connectivity index (χ4v) is 5.02. The highest BCUT2D eigenvalue weighted by Crippen LogP contribution is 2.24. The van der Waals surface area contributed by atoms with Crippen LogP contribution in [-0.4, -0.2) is 48.1 Å². The molecule has 2 N–H and O–H groups in total. The summed E-state index contributed by atoms with van der Waals surface area (Å²) in [7, 11) is 1.87. The minimum absolute atomic E-state index is 0.0438. The minimum atomic E-state index is -0.270. The van der Waals surface area contributed by atoms with E-state index in [2.05, 4.69) is 39.8 Å². The Morgan fingerprint density at radius 3 is 2.50 bits per heavy atom. The molecule has 34 heavy (non-hydrogen) atoms. The largest absolute Gasteiger partial charge is 0.362 e. The molecule has 1 amide bonds. The molecule has 0 spiro atoms. The SMILES string of the molecule is CNC(/C=C\Nc1ccc(F)cc1)N(C(=O)c1cccs1)C1CCN(Cc2ccccc2)CC1. The van der Waals surface area contributed by atoms with Crippen LogP contribution in [0.3, 0.4) is 0 Å². The van der Waals surface area contributed by atoms with E-state index in [0.717, 1.165) is 43.0 Å². The van der Waals surface area contributed by atoms with Crippen LogP contribution in [0, 0.1) is 5.82 Å². The van der Waals surface area contributed by atoms with Crippen molar-refractivity contribution in [1.29, 1.82) is 0 Å². The summed E-state index contributed by atoms with van der Waals surface area (Å²) >= 11 is 1.47. The summed E-state index contributed by atoms with van der Waals surface area (Å²) in [6.45, 7) is 2.83. The van der Waals surface area contributed by atoms with Crippen LogP contribution in [-0.2, 0) is 6.54 Å².